The number of rotatable bonds is 5. The smallest absolute Gasteiger partial charge is 0.293 e. The predicted molar refractivity (Wildman–Crippen MR) is 101 cm³/mol. The minimum absolute atomic E-state index is 0.292. The molecule has 0 aromatic heterocycles. The van der Waals surface area contributed by atoms with Gasteiger partial charge in [0.25, 0.3) is 10.1 Å². The summed E-state index contributed by atoms with van der Waals surface area (Å²) in [7, 11) is -4.48. The highest BCUT2D eigenvalue weighted by Crippen LogP contribution is 2.31. The fourth-order valence-corrected chi connectivity index (χ4v) is 3.14. The maximum atomic E-state index is 10.9. The first-order valence-electron chi connectivity index (χ1n) is 7.87. The molecule has 0 heterocycles. The number of nitrogen functional groups attached to an aromatic ring is 1. The highest BCUT2D eigenvalue weighted by atomic mass is 32.2. The van der Waals surface area contributed by atoms with E-state index in [0.717, 1.165) is 44.8 Å². The van der Waals surface area contributed by atoms with E-state index in [-0.39, 0.29) is 6.54 Å². The van der Waals surface area contributed by atoms with Crippen LogP contribution in [0.1, 0.15) is 22.3 Å². The molecule has 0 radical (unpaired) electrons. The summed E-state index contributed by atoms with van der Waals surface area (Å²) in [5.41, 5.74) is 11.6. The molecule has 25 heavy (non-hydrogen) atoms. The zero-order valence-corrected chi connectivity index (χ0v) is 15.6. The van der Waals surface area contributed by atoms with Gasteiger partial charge in [-0.3, -0.25) is 4.55 Å². The molecule has 0 spiro atoms. The van der Waals surface area contributed by atoms with Crippen molar-refractivity contribution in [3.05, 3.63) is 46.5 Å². The minimum atomic E-state index is -4.48. The van der Waals surface area contributed by atoms with Gasteiger partial charge in [-0.2, -0.15) is 8.42 Å². The molecule has 2 aromatic carbocycles. The second kappa shape index (κ2) is 7.03. The van der Waals surface area contributed by atoms with Gasteiger partial charge in [-0.1, -0.05) is 0 Å². The minimum Gasteiger partial charge on any atom is -0.398 e. The van der Waals surface area contributed by atoms with E-state index in [0.29, 0.717) is 0 Å². The number of aliphatic hydroxyl groups excluding tert-OH is 1. The van der Waals surface area contributed by atoms with Crippen molar-refractivity contribution in [3.63, 3.8) is 0 Å². The quantitative estimate of drug-likeness (QED) is 0.479. The number of hydrogen-bond acceptors (Lipinski definition) is 5. The van der Waals surface area contributed by atoms with Crippen LogP contribution in [0.5, 0.6) is 0 Å². The summed E-state index contributed by atoms with van der Waals surface area (Å²) in [4.78, 5) is 0. The summed E-state index contributed by atoms with van der Waals surface area (Å²) >= 11 is 0. The monoisotopic (exact) mass is 364 g/mol. The largest absolute Gasteiger partial charge is 0.398 e. The lowest BCUT2D eigenvalue weighted by Crippen LogP contribution is -2.28. The van der Waals surface area contributed by atoms with Crippen LogP contribution in [0.2, 0.25) is 0 Å². The lowest BCUT2D eigenvalue weighted by molar-refractivity contribution is 0.245. The van der Waals surface area contributed by atoms with Gasteiger partial charge in [0.1, 0.15) is 0 Å². The Morgan fingerprint density at radius 3 is 1.76 bits per heavy atom. The van der Waals surface area contributed by atoms with Crippen LogP contribution < -0.4 is 11.1 Å². The van der Waals surface area contributed by atoms with Crippen molar-refractivity contribution < 1.29 is 18.1 Å². The Balaban J connectivity index is 2.34. The maximum Gasteiger partial charge on any atom is 0.293 e. The van der Waals surface area contributed by atoms with Crippen LogP contribution in [0.15, 0.2) is 24.3 Å². The number of benzene rings is 2. The lowest BCUT2D eigenvalue weighted by Gasteiger charge is -2.17. The molecular formula is C18H24N2O4S. The van der Waals surface area contributed by atoms with Gasteiger partial charge < -0.3 is 16.2 Å². The third kappa shape index (κ3) is 4.31. The van der Waals surface area contributed by atoms with E-state index in [2.05, 4.69) is 5.32 Å². The van der Waals surface area contributed by atoms with Crippen molar-refractivity contribution >= 4 is 21.5 Å². The standard InChI is InChI=1S/C18H24N2O4S/c1-10-5-14(6-11(2)17(10)19)15-7-12(3)18(13(4)8-15)20-9-16(21)25(22,23)24/h5-8,16,20-21H,9,19H2,1-4H3,(H,22,23,24). The van der Waals surface area contributed by atoms with Crippen molar-refractivity contribution in [1.29, 1.82) is 0 Å². The highest BCUT2D eigenvalue weighted by molar-refractivity contribution is 7.86. The molecule has 2 rings (SSSR count). The van der Waals surface area contributed by atoms with E-state index in [1.165, 1.54) is 0 Å². The Kier molecular flexibility index (Phi) is 5.41. The molecule has 7 heteroatoms. The van der Waals surface area contributed by atoms with Gasteiger partial charge in [-0.25, -0.2) is 0 Å². The van der Waals surface area contributed by atoms with Gasteiger partial charge in [0.05, 0.1) is 6.54 Å². The molecule has 0 amide bonds. The molecule has 1 atom stereocenters. The van der Waals surface area contributed by atoms with Crippen molar-refractivity contribution in [2.45, 2.75) is 33.1 Å². The van der Waals surface area contributed by atoms with Crippen LogP contribution in [0.25, 0.3) is 11.1 Å². The van der Waals surface area contributed by atoms with Crippen molar-refractivity contribution in [2.24, 2.45) is 0 Å². The second-order valence-electron chi connectivity index (χ2n) is 6.36. The van der Waals surface area contributed by atoms with Crippen LogP contribution in [-0.2, 0) is 10.1 Å². The molecule has 5 N–H and O–H groups in total. The van der Waals surface area contributed by atoms with Gasteiger partial charge in [0.15, 0.2) is 5.44 Å². The number of anilines is 2. The third-order valence-electron chi connectivity index (χ3n) is 4.26. The van der Waals surface area contributed by atoms with Crippen molar-refractivity contribution in [3.8, 4) is 11.1 Å². The van der Waals surface area contributed by atoms with E-state index in [9.17, 15) is 13.5 Å². The number of hydrogen-bond donors (Lipinski definition) is 4. The SMILES string of the molecule is Cc1cc(-c2cc(C)c(NCC(O)S(=O)(=O)O)c(C)c2)cc(C)c1N. The molecule has 0 saturated carbocycles. The van der Waals surface area contributed by atoms with E-state index in [1.54, 1.807) is 0 Å². The Bertz CT molecular complexity index is 861. The lowest BCUT2D eigenvalue weighted by atomic mass is 9.95. The molecule has 0 saturated heterocycles. The van der Waals surface area contributed by atoms with E-state index >= 15 is 0 Å². The van der Waals surface area contributed by atoms with E-state index < -0.39 is 15.6 Å². The van der Waals surface area contributed by atoms with Crippen LogP contribution >= 0.6 is 0 Å². The Morgan fingerprint density at radius 1 is 0.960 bits per heavy atom. The van der Waals surface area contributed by atoms with Crippen molar-refractivity contribution in [2.75, 3.05) is 17.6 Å². The van der Waals surface area contributed by atoms with Gasteiger partial charge in [-0.15, -0.1) is 0 Å². The zero-order chi connectivity index (χ0) is 18.9. The molecule has 1 unspecified atom stereocenters. The number of nitrogens with two attached hydrogens (primary N) is 1. The van der Waals surface area contributed by atoms with Crippen LogP contribution in [-0.4, -0.2) is 30.1 Å². The van der Waals surface area contributed by atoms with Gasteiger partial charge in [0.2, 0.25) is 0 Å². The zero-order valence-electron chi connectivity index (χ0n) is 14.8. The predicted octanol–water partition coefficient (Wildman–Crippen LogP) is 2.79. The average Bonchev–Trinajstić information content (AvgIpc) is 2.49. The summed E-state index contributed by atoms with van der Waals surface area (Å²) in [5, 5.41) is 12.3. The van der Waals surface area contributed by atoms with Crippen LogP contribution in [0, 0.1) is 27.7 Å². The molecule has 6 nitrogen and oxygen atoms in total. The Labute approximate surface area is 148 Å². The summed E-state index contributed by atoms with van der Waals surface area (Å²) in [6, 6.07) is 8.04. The number of aliphatic hydroxyl groups is 1. The third-order valence-corrected chi connectivity index (χ3v) is 5.11. The number of aryl methyl sites for hydroxylation is 4. The Hall–Kier alpha value is -2.09. The fraction of sp³-hybridized carbons (Fsp3) is 0.333. The summed E-state index contributed by atoms with van der Waals surface area (Å²) in [6.07, 6.45) is 0. The average molecular weight is 364 g/mol. The highest BCUT2D eigenvalue weighted by Gasteiger charge is 2.19. The molecule has 2 aromatic rings. The van der Waals surface area contributed by atoms with Crippen LogP contribution in [0.3, 0.4) is 0 Å². The maximum absolute atomic E-state index is 10.9. The first kappa shape index (κ1) is 19.2. The Morgan fingerprint density at radius 2 is 1.36 bits per heavy atom. The molecule has 0 aliphatic carbocycles. The first-order valence-corrected chi connectivity index (χ1v) is 9.37. The molecule has 136 valence electrons. The topological polar surface area (TPSA) is 113 Å². The normalized spacial score (nSPS) is 12.9. The molecular weight excluding hydrogens is 340 g/mol. The molecule has 0 bridgehead atoms. The van der Waals surface area contributed by atoms with Gasteiger partial charge >= 0.3 is 0 Å². The number of nitrogens with one attached hydrogen (secondary N) is 1. The molecule has 0 aliphatic heterocycles. The summed E-state index contributed by atoms with van der Waals surface area (Å²) < 4.78 is 30.7. The van der Waals surface area contributed by atoms with Gasteiger partial charge in [-0.05, 0) is 85.3 Å². The summed E-state index contributed by atoms with van der Waals surface area (Å²) in [5.74, 6) is 0. The second-order valence-corrected chi connectivity index (χ2v) is 7.93. The van der Waals surface area contributed by atoms with Crippen molar-refractivity contribution in [1.82, 2.24) is 0 Å². The van der Waals surface area contributed by atoms with Gasteiger partial charge in [0, 0.05) is 11.4 Å². The molecule has 0 aliphatic rings. The fourth-order valence-electron chi connectivity index (χ4n) is 2.85. The molecule has 0 fully saturated rings. The van der Waals surface area contributed by atoms with E-state index in [1.807, 2.05) is 52.0 Å². The van der Waals surface area contributed by atoms with Crippen LogP contribution in [0.4, 0.5) is 11.4 Å². The van der Waals surface area contributed by atoms with E-state index in [4.69, 9.17) is 10.3 Å². The first-order chi connectivity index (χ1) is 11.5. The summed E-state index contributed by atoms with van der Waals surface area (Å²) in [6.45, 7) is 7.45.